The first-order valence-electron chi connectivity index (χ1n) is 7.87. The van der Waals surface area contributed by atoms with Gasteiger partial charge >= 0.3 is 0 Å². The van der Waals surface area contributed by atoms with Crippen LogP contribution in [-0.4, -0.2) is 26.7 Å². The van der Waals surface area contributed by atoms with Gasteiger partial charge in [-0.15, -0.1) is 0 Å². The number of aryl methyl sites for hydroxylation is 1. The van der Waals surface area contributed by atoms with Gasteiger partial charge in [-0.3, -0.25) is 14.5 Å². The van der Waals surface area contributed by atoms with Gasteiger partial charge in [0.25, 0.3) is 0 Å². The first-order chi connectivity index (χ1) is 9.93. The SMILES string of the molecule is CCCc1n[nH]c(=S)n1CC(=O)NC(C)CCCC(C)C. The van der Waals surface area contributed by atoms with E-state index in [2.05, 4.69) is 43.2 Å². The number of hydrogen-bond donors (Lipinski definition) is 2. The number of amides is 1. The predicted octanol–water partition coefficient (Wildman–Crippen LogP) is 3.22. The number of aromatic amines is 1. The summed E-state index contributed by atoms with van der Waals surface area (Å²) < 4.78 is 2.30. The van der Waals surface area contributed by atoms with E-state index in [-0.39, 0.29) is 18.5 Å². The molecule has 2 N–H and O–H groups in total. The lowest BCUT2D eigenvalue weighted by Crippen LogP contribution is -2.35. The third-order valence-corrected chi connectivity index (χ3v) is 3.75. The van der Waals surface area contributed by atoms with Gasteiger partial charge in [-0.25, -0.2) is 0 Å². The van der Waals surface area contributed by atoms with E-state index in [0.717, 1.165) is 31.5 Å². The summed E-state index contributed by atoms with van der Waals surface area (Å²) in [6.45, 7) is 8.83. The molecule has 0 aliphatic heterocycles. The van der Waals surface area contributed by atoms with E-state index in [0.29, 0.717) is 10.7 Å². The van der Waals surface area contributed by atoms with E-state index in [1.165, 1.54) is 6.42 Å². The summed E-state index contributed by atoms with van der Waals surface area (Å²) >= 11 is 5.18. The van der Waals surface area contributed by atoms with Crippen molar-refractivity contribution < 1.29 is 4.79 Å². The Kier molecular flexibility index (Phi) is 7.64. The lowest BCUT2D eigenvalue weighted by Gasteiger charge is -2.15. The molecule has 1 unspecified atom stereocenters. The first kappa shape index (κ1) is 17.9. The summed E-state index contributed by atoms with van der Waals surface area (Å²) in [5, 5.41) is 9.98. The molecule has 0 saturated carbocycles. The largest absolute Gasteiger partial charge is 0.352 e. The standard InChI is InChI=1S/C15H28N4OS/c1-5-7-13-17-18-15(21)19(13)10-14(20)16-12(4)9-6-8-11(2)3/h11-12H,5-10H2,1-4H3,(H,16,20)(H,18,21). The predicted molar refractivity (Wildman–Crippen MR) is 87.7 cm³/mol. The molecule has 0 aliphatic carbocycles. The summed E-state index contributed by atoms with van der Waals surface area (Å²) in [4.78, 5) is 12.1. The Hall–Kier alpha value is -1.17. The molecule has 0 radical (unpaired) electrons. The molecule has 5 nitrogen and oxygen atoms in total. The Morgan fingerprint density at radius 2 is 2.10 bits per heavy atom. The van der Waals surface area contributed by atoms with Gasteiger partial charge in [0.05, 0.1) is 0 Å². The van der Waals surface area contributed by atoms with Crippen LogP contribution in [0.15, 0.2) is 0 Å². The summed E-state index contributed by atoms with van der Waals surface area (Å²) in [6, 6.07) is 0.201. The van der Waals surface area contributed by atoms with Gasteiger partial charge in [0, 0.05) is 12.5 Å². The minimum Gasteiger partial charge on any atom is -0.352 e. The quantitative estimate of drug-likeness (QED) is 0.688. The van der Waals surface area contributed by atoms with E-state index in [4.69, 9.17) is 12.2 Å². The molecule has 0 saturated heterocycles. The third-order valence-electron chi connectivity index (χ3n) is 3.44. The van der Waals surface area contributed by atoms with Crippen LogP contribution in [0.1, 0.15) is 59.2 Å². The van der Waals surface area contributed by atoms with Gasteiger partial charge in [0.15, 0.2) is 4.77 Å². The molecule has 0 aliphatic rings. The highest BCUT2D eigenvalue weighted by molar-refractivity contribution is 7.71. The molecule has 1 rings (SSSR count). The highest BCUT2D eigenvalue weighted by atomic mass is 32.1. The fourth-order valence-electron chi connectivity index (χ4n) is 2.30. The van der Waals surface area contributed by atoms with Gasteiger partial charge in [0.1, 0.15) is 12.4 Å². The zero-order valence-electron chi connectivity index (χ0n) is 13.6. The van der Waals surface area contributed by atoms with E-state index in [1.807, 2.05) is 0 Å². The molecule has 1 heterocycles. The molecule has 0 fully saturated rings. The van der Waals surface area contributed by atoms with Crippen LogP contribution in [0.25, 0.3) is 0 Å². The summed E-state index contributed by atoms with van der Waals surface area (Å²) in [7, 11) is 0. The van der Waals surface area contributed by atoms with Crippen LogP contribution in [0.2, 0.25) is 0 Å². The summed E-state index contributed by atoms with van der Waals surface area (Å²) in [6.07, 6.45) is 5.17. The molecule has 120 valence electrons. The molecule has 0 bridgehead atoms. The van der Waals surface area contributed by atoms with Crippen molar-refractivity contribution in [3.8, 4) is 0 Å². The van der Waals surface area contributed by atoms with Crippen LogP contribution in [-0.2, 0) is 17.8 Å². The smallest absolute Gasteiger partial charge is 0.240 e. The second-order valence-corrected chi connectivity index (χ2v) is 6.46. The molecule has 1 aromatic heterocycles. The van der Waals surface area contributed by atoms with Crippen LogP contribution in [0.5, 0.6) is 0 Å². The Bertz CT molecular complexity index is 492. The van der Waals surface area contributed by atoms with Crippen molar-refractivity contribution >= 4 is 18.1 Å². The summed E-state index contributed by atoms with van der Waals surface area (Å²) in [5.41, 5.74) is 0. The topological polar surface area (TPSA) is 62.7 Å². The minimum absolute atomic E-state index is 0.00176. The van der Waals surface area contributed by atoms with Crippen molar-refractivity contribution in [2.45, 2.75) is 72.4 Å². The molecule has 6 heteroatoms. The minimum atomic E-state index is 0.00176. The maximum absolute atomic E-state index is 12.1. The molecular weight excluding hydrogens is 284 g/mol. The fourth-order valence-corrected chi connectivity index (χ4v) is 2.51. The molecule has 1 aromatic rings. The Morgan fingerprint density at radius 1 is 1.38 bits per heavy atom. The van der Waals surface area contributed by atoms with E-state index in [1.54, 1.807) is 4.57 Å². The van der Waals surface area contributed by atoms with Crippen molar-refractivity contribution in [2.24, 2.45) is 5.92 Å². The summed E-state index contributed by atoms with van der Waals surface area (Å²) in [5.74, 6) is 1.57. The number of nitrogens with zero attached hydrogens (tertiary/aromatic N) is 2. The molecular formula is C15H28N4OS. The highest BCUT2D eigenvalue weighted by Gasteiger charge is 2.12. The maximum Gasteiger partial charge on any atom is 0.240 e. The average Bonchev–Trinajstić information content (AvgIpc) is 2.71. The number of H-pyrrole nitrogens is 1. The van der Waals surface area contributed by atoms with Crippen molar-refractivity contribution in [3.63, 3.8) is 0 Å². The molecule has 1 atom stereocenters. The van der Waals surface area contributed by atoms with Gasteiger partial charge < -0.3 is 5.32 Å². The Morgan fingerprint density at radius 3 is 2.71 bits per heavy atom. The maximum atomic E-state index is 12.1. The van der Waals surface area contributed by atoms with Gasteiger partial charge in [0.2, 0.25) is 5.91 Å². The van der Waals surface area contributed by atoms with Crippen molar-refractivity contribution in [1.29, 1.82) is 0 Å². The number of carbonyl (C=O) groups excluding carboxylic acids is 1. The van der Waals surface area contributed by atoms with Crippen LogP contribution in [0, 0.1) is 10.7 Å². The first-order valence-corrected chi connectivity index (χ1v) is 8.28. The number of aromatic nitrogens is 3. The number of carbonyl (C=O) groups is 1. The Balaban J connectivity index is 2.46. The van der Waals surface area contributed by atoms with E-state index >= 15 is 0 Å². The van der Waals surface area contributed by atoms with Crippen LogP contribution >= 0.6 is 12.2 Å². The molecule has 21 heavy (non-hydrogen) atoms. The fraction of sp³-hybridized carbons (Fsp3) is 0.800. The van der Waals surface area contributed by atoms with E-state index in [9.17, 15) is 4.79 Å². The lowest BCUT2D eigenvalue weighted by molar-refractivity contribution is -0.122. The third kappa shape index (κ3) is 6.42. The molecule has 0 aromatic carbocycles. The zero-order valence-corrected chi connectivity index (χ0v) is 14.4. The van der Waals surface area contributed by atoms with Crippen molar-refractivity contribution in [2.75, 3.05) is 0 Å². The zero-order chi connectivity index (χ0) is 15.8. The van der Waals surface area contributed by atoms with E-state index < -0.39 is 0 Å². The van der Waals surface area contributed by atoms with Gasteiger partial charge in [-0.05, 0) is 37.9 Å². The highest BCUT2D eigenvalue weighted by Crippen LogP contribution is 2.08. The van der Waals surface area contributed by atoms with Crippen LogP contribution in [0.3, 0.4) is 0 Å². The lowest BCUT2D eigenvalue weighted by atomic mass is 10.0. The number of rotatable bonds is 9. The molecule has 1 amide bonds. The monoisotopic (exact) mass is 312 g/mol. The van der Waals surface area contributed by atoms with Crippen LogP contribution in [0.4, 0.5) is 0 Å². The number of hydrogen-bond acceptors (Lipinski definition) is 3. The number of nitrogens with one attached hydrogen (secondary N) is 2. The second-order valence-electron chi connectivity index (χ2n) is 6.07. The van der Waals surface area contributed by atoms with Crippen LogP contribution < -0.4 is 5.32 Å². The van der Waals surface area contributed by atoms with Gasteiger partial charge in [-0.2, -0.15) is 5.10 Å². The van der Waals surface area contributed by atoms with Crippen molar-refractivity contribution in [1.82, 2.24) is 20.1 Å². The molecule has 0 spiro atoms. The van der Waals surface area contributed by atoms with Gasteiger partial charge in [-0.1, -0.05) is 33.6 Å². The second kappa shape index (κ2) is 8.97. The van der Waals surface area contributed by atoms with Crippen molar-refractivity contribution in [3.05, 3.63) is 10.6 Å². The normalized spacial score (nSPS) is 12.6. The average molecular weight is 312 g/mol. The Labute approximate surface area is 132 Å².